The molecule has 1 heterocycles. The summed E-state index contributed by atoms with van der Waals surface area (Å²) in [5.74, 6) is -0.320. The molecule has 0 aliphatic rings. The van der Waals surface area contributed by atoms with Crippen molar-refractivity contribution in [2.24, 2.45) is 0 Å². The number of benzene rings is 1. The molecule has 0 amide bonds. The summed E-state index contributed by atoms with van der Waals surface area (Å²) in [5, 5.41) is 0.665. The number of esters is 1. The van der Waals surface area contributed by atoms with E-state index in [1.807, 2.05) is 42.5 Å². The highest BCUT2D eigenvalue weighted by Crippen LogP contribution is 2.25. The number of rotatable bonds is 6. The molecule has 0 aliphatic heterocycles. The third kappa shape index (κ3) is 4.85. The third-order valence-corrected chi connectivity index (χ3v) is 3.05. The van der Waals surface area contributed by atoms with Crippen molar-refractivity contribution in [2.45, 2.75) is 13.0 Å². The van der Waals surface area contributed by atoms with Crippen LogP contribution in [0.5, 0.6) is 0 Å². The van der Waals surface area contributed by atoms with Gasteiger partial charge in [0.05, 0.1) is 12.3 Å². The molecule has 0 radical (unpaired) electrons. The van der Waals surface area contributed by atoms with E-state index in [4.69, 9.17) is 21.1 Å². The van der Waals surface area contributed by atoms with Crippen molar-refractivity contribution >= 4 is 17.6 Å². The van der Waals surface area contributed by atoms with E-state index in [2.05, 4.69) is 4.98 Å². The second kappa shape index (κ2) is 7.76. The summed E-state index contributed by atoms with van der Waals surface area (Å²) in [5.41, 5.74) is 1.74. The fraction of sp³-hybridized carbons (Fsp3) is 0.250. The predicted molar refractivity (Wildman–Crippen MR) is 80.1 cm³/mol. The molecule has 1 unspecified atom stereocenters. The Morgan fingerprint density at radius 2 is 1.95 bits per heavy atom. The molecule has 2 aromatic rings. The van der Waals surface area contributed by atoms with Crippen LogP contribution in [-0.2, 0) is 14.3 Å². The van der Waals surface area contributed by atoms with Crippen LogP contribution in [0.2, 0.25) is 5.02 Å². The number of pyridine rings is 1. The number of hydrogen-bond acceptors (Lipinski definition) is 4. The van der Waals surface area contributed by atoms with Crippen molar-refractivity contribution in [3.05, 3.63) is 64.9 Å². The van der Waals surface area contributed by atoms with Gasteiger partial charge in [-0.25, -0.2) is 0 Å². The first-order valence-electron chi connectivity index (χ1n) is 6.58. The first-order valence-corrected chi connectivity index (χ1v) is 6.96. The molecular weight excluding hydrogens is 290 g/mol. The second-order valence-electron chi connectivity index (χ2n) is 4.40. The highest BCUT2D eigenvalue weighted by Gasteiger charge is 2.16. The Morgan fingerprint density at radius 3 is 2.57 bits per heavy atom. The normalized spacial score (nSPS) is 11.9. The Kier molecular flexibility index (Phi) is 5.72. The van der Waals surface area contributed by atoms with Crippen molar-refractivity contribution in [3.8, 4) is 0 Å². The number of carbonyl (C=O) groups excluding carboxylic acids is 1. The Hall–Kier alpha value is -1.91. The van der Waals surface area contributed by atoms with Gasteiger partial charge in [-0.05, 0) is 29.8 Å². The Labute approximate surface area is 128 Å². The smallest absolute Gasteiger partial charge is 0.302 e. The molecule has 4 nitrogen and oxygen atoms in total. The van der Waals surface area contributed by atoms with Gasteiger partial charge in [-0.1, -0.05) is 29.8 Å². The molecular formula is C16H16ClNO3. The monoisotopic (exact) mass is 305 g/mol. The molecule has 0 aliphatic carbocycles. The highest BCUT2D eigenvalue weighted by molar-refractivity contribution is 6.30. The van der Waals surface area contributed by atoms with Gasteiger partial charge in [-0.2, -0.15) is 0 Å². The van der Waals surface area contributed by atoms with Crippen LogP contribution in [-0.4, -0.2) is 24.2 Å². The maximum absolute atomic E-state index is 10.8. The number of nitrogens with zero attached hydrogens (tertiary/aromatic N) is 1. The van der Waals surface area contributed by atoms with E-state index in [-0.39, 0.29) is 18.7 Å². The molecule has 0 N–H and O–H groups in total. The summed E-state index contributed by atoms with van der Waals surface area (Å²) >= 11 is 5.91. The van der Waals surface area contributed by atoms with Crippen LogP contribution >= 0.6 is 11.6 Å². The fourth-order valence-corrected chi connectivity index (χ4v) is 2.00. The van der Waals surface area contributed by atoms with E-state index >= 15 is 0 Å². The number of ether oxygens (including phenoxy) is 2. The minimum absolute atomic E-state index is 0.215. The molecule has 2 rings (SSSR count). The lowest BCUT2D eigenvalue weighted by atomic mass is 10.1. The maximum atomic E-state index is 10.8. The Bertz CT molecular complexity index is 572. The van der Waals surface area contributed by atoms with Gasteiger partial charge in [-0.15, -0.1) is 0 Å². The van der Waals surface area contributed by atoms with Gasteiger partial charge in [0.1, 0.15) is 12.7 Å². The standard InChI is InChI=1S/C16H16ClNO3/c1-12(19)20-10-11-21-16(15-4-2-3-9-18-15)13-5-7-14(17)8-6-13/h2-9,16H,10-11H2,1H3. The van der Waals surface area contributed by atoms with Crippen LogP contribution in [0.3, 0.4) is 0 Å². The number of aromatic nitrogens is 1. The summed E-state index contributed by atoms with van der Waals surface area (Å²) < 4.78 is 10.7. The van der Waals surface area contributed by atoms with Crippen LogP contribution < -0.4 is 0 Å². The minimum Gasteiger partial charge on any atom is -0.463 e. The molecule has 110 valence electrons. The number of carbonyl (C=O) groups is 1. The van der Waals surface area contributed by atoms with E-state index in [1.165, 1.54) is 6.92 Å². The molecule has 5 heteroatoms. The van der Waals surface area contributed by atoms with Crippen LogP contribution in [0.1, 0.15) is 24.3 Å². The summed E-state index contributed by atoms with van der Waals surface area (Å²) in [6.07, 6.45) is 1.40. The number of hydrogen-bond donors (Lipinski definition) is 0. The average molecular weight is 306 g/mol. The summed E-state index contributed by atoms with van der Waals surface area (Å²) in [6.45, 7) is 1.88. The third-order valence-electron chi connectivity index (χ3n) is 2.80. The molecule has 1 atom stereocenters. The minimum atomic E-state index is -0.320. The van der Waals surface area contributed by atoms with E-state index < -0.39 is 0 Å². The maximum Gasteiger partial charge on any atom is 0.302 e. The molecule has 0 fully saturated rings. The van der Waals surface area contributed by atoms with Crippen molar-refractivity contribution in [2.75, 3.05) is 13.2 Å². The molecule has 0 bridgehead atoms. The van der Waals surface area contributed by atoms with Crippen molar-refractivity contribution in [1.29, 1.82) is 0 Å². The Balaban J connectivity index is 2.11. The van der Waals surface area contributed by atoms with E-state index in [0.29, 0.717) is 11.6 Å². The largest absolute Gasteiger partial charge is 0.463 e. The second-order valence-corrected chi connectivity index (χ2v) is 4.83. The van der Waals surface area contributed by atoms with E-state index in [0.717, 1.165) is 11.3 Å². The van der Waals surface area contributed by atoms with Crippen molar-refractivity contribution < 1.29 is 14.3 Å². The first-order chi connectivity index (χ1) is 10.2. The zero-order valence-corrected chi connectivity index (χ0v) is 12.4. The average Bonchev–Trinajstić information content (AvgIpc) is 2.49. The lowest BCUT2D eigenvalue weighted by Crippen LogP contribution is -2.13. The highest BCUT2D eigenvalue weighted by atomic mass is 35.5. The lowest BCUT2D eigenvalue weighted by Gasteiger charge is -2.18. The van der Waals surface area contributed by atoms with Gasteiger partial charge >= 0.3 is 5.97 Å². The molecule has 0 spiro atoms. The van der Waals surface area contributed by atoms with Crippen LogP contribution in [0.4, 0.5) is 0 Å². The molecule has 0 saturated heterocycles. The van der Waals surface area contributed by atoms with Crippen LogP contribution in [0.15, 0.2) is 48.7 Å². The topological polar surface area (TPSA) is 48.4 Å². The summed E-state index contributed by atoms with van der Waals surface area (Å²) in [6, 6.07) is 13.1. The predicted octanol–water partition coefficient (Wildman–Crippen LogP) is 3.40. The van der Waals surface area contributed by atoms with Gasteiger partial charge in [0.25, 0.3) is 0 Å². The quantitative estimate of drug-likeness (QED) is 0.606. The first kappa shape index (κ1) is 15.5. The molecule has 21 heavy (non-hydrogen) atoms. The number of halogens is 1. The van der Waals surface area contributed by atoms with Crippen LogP contribution in [0.25, 0.3) is 0 Å². The van der Waals surface area contributed by atoms with Gasteiger partial charge in [0, 0.05) is 18.1 Å². The zero-order chi connectivity index (χ0) is 15.1. The van der Waals surface area contributed by atoms with Gasteiger partial charge in [0.2, 0.25) is 0 Å². The van der Waals surface area contributed by atoms with E-state index in [9.17, 15) is 4.79 Å². The van der Waals surface area contributed by atoms with Gasteiger partial charge in [0.15, 0.2) is 0 Å². The van der Waals surface area contributed by atoms with Gasteiger partial charge < -0.3 is 9.47 Å². The molecule has 1 aromatic carbocycles. The van der Waals surface area contributed by atoms with Crippen LogP contribution in [0, 0.1) is 0 Å². The fourth-order valence-electron chi connectivity index (χ4n) is 1.87. The Morgan fingerprint density at radius 1 is 1.19 bits per heavy atom. The van der Waals surface area contributed by atoms with Crippen molar-refractivity contribution in [1.82, 2.24) is 4.98 Å². The summed E-state index contributed by atoms with van der Waals surface area (Å²) in [4.78, 5) is 15.1. The molecule has 0 saturated carbocycles. The van der Waals surface area contributed by atoms with Gasteiger partial charge in [-0.3, -0.25) is 9.78 Å². The van der Waals surface area contributed by atoms with E-state index in [1.54, 1.807) is 6.20 Å². The summed E-state index contributed by atoms with van der Waals surface area (Å²) in [7, 11) is 0. The van der Waals surface area contributed by atoms with Crippen molar-refractivity contribution in [3.63, 3.8) is 0 Å². The SMILES string of the molecule is CC(=O)OCCOC(c1ccc(Cl)cc1)c1ccccn1. The lowest BCUT2D eigenvalue weighted by molar-refractivity contribution is -0.142. The molecule has 1 aromatic heterocycles. The zero-order valence-electron chi connectivity index (χ0n) is 11.7.